The van der Waals surface area contributed by atoms with Crippen LogP contribution in [-0.2, 0) is 19.1 Å². The van der Waals surface area contributed by atoms with Crippen LogP contribution in [0.25, 0.3) is 6.08 Å². The predicted octanol–water partition coefficient (Wildman–Crippen LogP) is 1.90. The number of cyclic esters (lactones) is 1. The summed E-state index contributed by atoms with van der Waals surface area (Å²) in [4.78, 5) is 27.9. The third-order valence-electron chi connectivity index (χ3n) is 5.68. The van der Waals surface area contributed by atoms with Crippen molar-refractivity contribution in [3.8, 4) is 0 Å². The zero-order valence-corrected chi connectivity index (χ0v) is 15.4. The van der Waals surface area contributed by atoms with Gasteiger partial charge in [0.15, 0.2) is 0 Å². The van der Waals surface area contributed by atoms with Crippen LogP contribution in [0.3, 0.4) is 0 Å². The Kier molecular flexibility index (Phi) is 5.49. The Bertz CT molecular complexity index is 702. The molecule has 0 bridgehead atoms. The number of carbonyl (C=O) groups is 2. The van der Waals surface area contributed by atoms with E-state index in [1.54, 1.807) is 12.3 Å². The van der Waals surface area contributed by atoms with E-state index >= 15 is 0 Å². The van der Waals surface area contributed by atoms with Gasteiger partial charge in [0.05, 0.1) is 18.2 Å². The lowest BCUT2D eigenvalue weighted by Gasteiger charge is -2.41. The van der Waals surface area contributed by atoms with E-state index < -0.39 is 0 Å². The van der Waals surface area contributed by atoms with E-state index in [2.05, 4.69) is 18.0 Å². The largest absolute Gasteiger partial charge is 0.466 e. The number of allylic oxidation sites excluding steroid dienone is 1. The molecule has 1 aliphatic heterocycles. The highest BCUT2D eigenvalue weighted by Gasteiger charge is 2.52. The van der Waals surface area contributed by atoms with Crippen molar-refractivity contribution in [1.82, 2.24) is 4.98 Å². The zero-order valence-electron chi connectivity index (χ0n) is 15.4. The first-order valence-corrected chi connectivity index (χ1v) is 9.10. The summed E-state index contributed by atoms with van der Waals surface area (Å²) in [6, 6.07) is 3.66. The average molecular weight is 353 g/mol. The summed E-state index contributed by atoms with van der Waals surface area (Å²) in [5.41, 5.74) is 1.42. The highest BCUT2D eigenvalue weighted by molar-refractivity contribution is 6.32. The highest BCUT2D eigenvalue weighted by atomic mass is 16.6. The van der Waals surface area contributed by atoms with Gasteiger partial charge >= 0.3 is 11.9 Å². The second-order valence-corrected chi connectivity index (χ2v) is 7.46. The number of ether oxygens (including phenoxy) is 2. The molecule has 5 nitrogen and oxygen atoms in total. The molecule has 1 aromatic rings. The summed E-state index contributed by atoms with van der Waals surface area (Å²) >= 11 is 0. The van der Waals surface area contributed by atoms with Crippen molar-refractivity contribution >= 4 is 31.3 Å². The van der Waals surface area contributed by atoms with Crippen LogP contribution in [0.15, 0.2) is 24.4 Å². The fraction of sp³-hybridized carbons (Fsp3) is 0.550. The molecule has 26 heavy (non-hydrogen) atoms. The lowest BCUT2D eigenvalue weighted by molar-refractivity contribution is -0.146. The van der Waals surface area contributed by atoms with Crippen LogP contribution in [0.1, 0.15) is 32.9 Å². The van der Waals surface area contributed by atoms with Crippen LogP contribution >= 0.6 is 0 Å². The van der Waals surface area contributed by atoms with Crippen LogP contribution < -0.4 is 5.46 Å². The van der Waals surface area contributed by atoms with E-state index in [4.69, 9.17) is 17.3 Å². The van der Waals surface area contributed by atoms with Crippen LogP contribution in [0.2, 0.25) is 0 Å². The third kappa shape index (κ3) is 3.84. The summed E-state index contributed by atoms with van der Waals surface area (Å²) in [5, 5.41) is 0. The number of rotatable bonds is 4. The van der Waals surface area contributed by atoms with Crippen LogP contribution in [0, 0.1) is 29.6 Å². The Morgan fingerprint density at radius 2 is 2.19 bits per heavy atom. The molecular weight excluding hydrogens is 329 g/mol. The smallest absolute Gasteiger partial charge is 0.309 e. The van der Waals surface area contributed by atoms with Gasteiger partial charge in [0, 0.05) is 25.0 Å². The number of carbonyl (C=O) groups excluding carboxylic acids is 2. The van der Waals surface area contributed by atoms with Crippen LogP contribution in [0.4, 0.5) is 0 Å². The quantitative estimate of drug-likeness (QED) is 0.611. The van der Waals surface area contributed by atoms with E-state index in [0.717, 1.165) is 12.1 Å². The molecule has 6 heteroatoms. The van der Waals surface area contributed by atoms with Crippen molar-refractivity contribution in [3.05, 3.63) is 30.1 Å². The molecule has 1 saturated carbocycles. The van der Waals surface area contributed by atoms with E-state index in [0.29, 0.717) is 12.1 Å². The molecular formula is C20H24BNO4. The SMILES string of the molecule is [B]c1ccc(/C=C/[C@H]2C(COC(C)=O)[C@@H](C)C[C@H]3C(=O)O[C@H](C)[C@H]32)nc1. The Morgan fingerprint density at radius 1 is 1.42 bits per heavy atom. The molecule has 1 aromatic heterocycles. The van der Waals surface area contributed by atoms with Crippen LogP contribution in [0.5, 0.6) is 0 Å². The molecule has 2 aliphatic rings. The fourth-order valence-electron chi connectivity index (χ4n) is 4.39. The molecule has 3 rings (SSSR count). The van der Waals surface area contributed by atoms with Gasteiger partial charge in [-0.05, 0) is 37.3 Å². The Balaban J connectivity index is 1.88. The number of hydrogen-bond donors (Lipinski definition) is 0. The molecule has 6 atom stereocenters. The zero-order chi connectivity index (χ0) is 18.8. The monoisotopic (exact) mass is 353 g/mol. The van der Waals surface area contributed by atoms with E-state index in [1.807, 2.05) is 19.1 Å². The van der Waals surface area contributed by atoms with Crippen molar-refractivity contribution < 1.29 is 19.1 Å². The molecule has 0 aromatic carbocycles. The van der Waals surface area contributed by atoms with Gasteiger partial charge in [0.1, 0.15) is 14.0 Å². The van der Waals surface area contributed by atoms with Gasteiger partial charge in [-0.2, -0.15) is 0 Å². The predicted molar refractivity (Wildman–Crippen MR) is 98.6 cm³/mol. The third-order valence-corrected chi connectivity index (χ3v) is 5.68. The molecule has 0 spiro atoms. The van der Waals surface area contributed by atoms with Crippen molar-refractivity contribution in [2.45, 2.75) is 33.3 Å². The maximum absolute atomic E-state index is 12.2. The first-order valence-electron chi connectivity index (χ1n) is 9.10. The molecule has 1 aliphatic carbocycles. The molecule has 2 radical (unpaired) electrons. The first kappa shape index (κ1) is 18.7. The lowest BCUT2D eigenvalue weighted by Crippen LogP contribution is -2.42. The van der Waals surface area contributed by atoms with Gasteiger partial charge in [0.2, 0.25) is 0 Å². The number of aromatic nitrogens is 1. The van der Waals surface area contributed by atoms with E-state index in [9.17, 15) is 9.59 Å². The first-order chi connectivity index (χ1) is 12.4. The standard InChI is InChI=1S/C20H24BNO4/c1-11-8-17-19(12(2)26-20(17)24)16(18(11)10-25-13(3)23)7-6-15-5-4-14(21)9-22-15/h4-7,9,11-12,16-19H,8,10H2,1-3H3/b7-6+/t11-,12+,16-,17+,18?,19-/m0/s1. The van der Waals surface area contributed by atoms with Gasteiger partial charge in [0.25, 0.3) is 0 Å². The molecule has 2 fully saturated rings. The maximum Gasteiger partial charge on any atom is 0.309 e. The van der Waals surface area contributed by atoms with Gasteiger partial charge in [-0.1, -0.05) is 24.5 Å². The number of esters is 2. The number of pyridine rings is 1. The fourth-order valence-corrected chi connectivity index (χ4v) is 4.39. The minimum Gasteiger partial charge on any atom is -0.466 e. The average Bonchev–Trinajstić information content (AvgIpc) is 2.86. The van der Waals surface area contributed by atoms with Crippen molar-refractivity contribution in [3.63, 3.8) is 0 Å². The second kappa shape index (κ2) is 7.64. The van der Waals surface area contributed by atoms with Gasteiger partial charge < -0.3 is 9.47 Å². The number of hydrogen-bond acceptors (Lipinski definition) is 5. The molecule has 0 N–H and O–H groups in total. The maximum atomic E-state index is 12.2. The Hall–Kier alpha value is -2.11. The van der Waals surface area contributed by atoms with Crippen molar-refractivity contribution in [1.29, 1.82) is 0 Å². The van der Waals surface area contributed by atoms with Crippen molar-refractivity contribution in [2.75, 3.05) is 6.61 Å². The second-order valence-electron chi connectivity index (χ2n) is 7.46. The number of nitrogens with zero attached hydrogens (tertiary/aromatic N) is 1. The Morgan fingerprint density at radius 3 is 2.85 bits per heavy atom. The summed E-state index contributed by atoms with van der Waals surface area (Å²) in [7, 11) is 5.69. The summed E-state index contributed by atoms with van der Waals surface area (Å²) in [6.45, 7) is 5.84. The summed E-state index contributed by atoms with van der Waals surface area (Å²) in [6.07, 6.45) is 6.29. The summed E-state index contributed by atoms with van der Waals surface area (Å²) < 4.78 is 10.8. The molecule has 1 saturated heterocycles. The minimum atomic E-state index is -0.283. The lowest BCUT2D eigenvalue weighted by atomic mass is 9.62. The highest BCUT2D eigenvalue weighted by Crippen LogP contribution is 2.49. The van der Waals surface area contributed by atoms with Gasteiger partial charge in [-0.3, -0.25) is 14.6 Å². The Labute approximate surface area is 155 Å². The molecule has 1 unspecified atom stereocenters. The van der Waals surface area contributed by atoms with Crippen molar-refractivity contribution in [2.24, 2.45) is 29.6 Å². The van der Waals surface area contributed by atoms with Crippen LogP contribution in [-0.4, -0.2) is 37.5 Å². The topological polar surface area (TPSA) is 65.5 Å². The van der Waals surface area contributed by atoms with E-state index in [1.165, 1.54) is 6.92 Å². The van der Waals surface area contributed by atoms with Gasteiger partial charge in [-0.25, -0.2) is 0 Å². The van der Waals surface area contributed by atoms with Gasteiger partial charge in [-0.15, -0.1) is 0 Å². The summed E-state index contributed by atoms with van der Waals surface area (Å²) in [5.74, 6) is 0.0683. The van der Waals surface area contributed by atoms with E-state index in [-0.39, 0.29) is 47.6 Å². The molecule has 2 heterocycles. The normalized spacial score (nSPS) is 33.7. The minimum absolute atomic E-state index is 0.0731. The molecule has 0 amide bonds. The number of fused-ring (bicyclic) bond motifs is 1. The molecule has 136 valence electrons.